The van der Waals surface area contributed by atoms with Crippen LogP contribution in [-0.2, 0) is 0 Å². The molecule has 1 aliphatic heterocycles. The van der Waals surface area contributed by atoms with Crippen molar-refractivity contribution < 1.29 is 18.0 Å². The van der Waals surface area contributed by atoms with Gasteiger partial charge in [0.15, 0.2) is 11.7 Å². The number of amides is 1. The first-order valence-electron chi connectivity index (χ1n) is 9.25. The fourth-order valence-corrected chi connectivity index (χ4v) is 3.72. The van der Waals surface area contributed by atoms with Crippen molar-refractivity contribution in [3.8, 4) is 6.07 Å². The minimum atomic E-state index is -4.58. The van der Waals surface area contributed by atoms with Gasteiger partial charge in [0, 0.05) is 12.1 Å². The fraction of sp³-hybridized carbons (Fsp3) is 0.190. The number of hydrogen-bond acceptors (Lipinski definition) is 4. The summed E-state index contributed by atoms with van der Waals surface area (Å²) in [6.07, 6.45) is -4.88. The standard InChI is InChI=1S/C21H15ClF3N5O/c22-17-18(20(31)27-14-8-6-12(11-26)7-9-14)29-30-16(21(23,24)25)10-15(28-19(17)30)13-4-2-1-3-5-13/h1-9,15-16,28H,10H2,(H,27,31)/t15-,16-/m0/s1. The maximum Gasteiger partial charge on any atom is 0.410 e. The van der Waals surface area contributed by atoms with Crippen LogP contribution < -0.4 is 10.6 Å². The van der Waals surface area contributed by atoms with Gasteiger partial charge in [-0.2, -0.15) is 23.5 Å². The Kier molecular flexibility index (Phi) is 5.33. The van der Waals surface area contributed by atoms with Gasteiger partial charge in [-0.05, 0) is 29.8 Å². The largest absolute Gasteiger partial charge is 0.410 e. The number of rotatable bonds is 3. The summed E-state index contributed by atoms with van der Waals surface area (Å²) < 4.78 is 42.2. The highest BCUT2D eigenvalue weighted by atomic mass is 35.5. The number of fused-ring (bicyclic) bond motifs is 1. The fourth-order valence-electron chi connectivity index (χ4n) is 3.46. The Hall–Kier alpha value is -3.51. The molecule has 0 fully saturated rings. The molecule has 1 aliphatic rings. The van der Waals surface area contributed by atoms with Gasteiger partial charge in [-0.1, -0.05) is 41.9 Å². The Morgan fingerprint density at radius 1 is 1.19 bits per heavy atom. The van der Waals surface area contributed by atoms with Gasteiger partial charge in [-0.15, -0.1) is 0 Å². The third-order valence-electron chi connectivity index (χ3n) is 4.98. The highest BCUT2D eigenvalue weighted by molar-refractivity contribution is 6.36. The van der Waals surface area contributed by atoms with Gasteiger partial charge >= 0.3 is 6.18 Å². The number of nitriles is 1. The molecule has 4 rings (SSSR count). The van der Waals surface area contributed by atoms with E-state index in [0.717, 1.165) is 4.68 Å². The highest BCUT2D eigenvalue weighted by Crippen LogP contribution is 2.46. The number of carbonyl (C=O) groups excluding carboxylic acids is 1. The summed E-state index contributed by atoms with van der Waals surface area (Å²) in [5.41, 5.74) is 1.10. The molecule has 0 unspecified atom stereocenters. The molecule has 31 heavy (non-hydrogen) atoms. The molecular formula is C21H15ClF3N5O. The number of benzene rings is 2. The summed E-state index contributed by atoms with van der Waals surface area (Å²) in [5.74, 6) is -0.815. The highest BCUT2D eigenvalue weighted by Gasteiger charge is 2.47. The van der Waals surface area contributed by atoms with Gasteiger partial charge in [-0.3, -0.25) is 4.79 Å². The van der Waals surface area contributed by atoms with Crippen LogP contribution in [0.15, 0.2) is 54.6 Å². The second-order valence-electron chi connectivity index (χ2n) is 7.00. The van der Waals surface area contributed by atoms with E-state index in [2.05, 4.69) is 15.7 Å². The van der Waals surface area contributed by atoms with Crippen LogP contribution in [-0.4, -0.2) is 21.9 Å². The quantitative estimate of drug-likeness (QED) is 0.571. The molecule has 2 heterocycles. The van der Waals surface area contributed by atoms with Crippen LogP contribution in [0.5, 0.6) is 0 Å². The lowest BCUT2D eigenvalue weighted by Gasteiger charge is -2.33. The molecule has 2 atom stereocenters. The number of hydrogen-bond donors (Lipinski definition) is 2. The van der Waals surface area contributed by atoms with Crippen LogP contribution >= 0.6 is 11.6 Å². The Morgan fingerprint density at radius 3 is 2.48 bits per heavy atom. The van der Waals surface area contributed by atoms with E-state index >= 15 is 0 Å². The zero-order valence-corrected chi connectivity index (χ0v) is 16.6. The van der Waals surface area contributed by atoms with Crippen molar-refractivity contribution in [3.05, 3.63) is 76.4 Å². The molecule has 10 heteroatoms. The van der Waals surface area contributed by atoms with Crippen molar-refractivity contribution >= 4 is 29.0 Å². The van der Waals surface area contributed by atoms with Crippen LogP contribution in [0.3, 0.4) is 0 Å². The number of nitrogens with one attached hydrogen (secondary N) is 2. The van der Waals surface area contributed by atoms with Gasteiger partial charge in [0.05, 0.1) is 17.7 Å². The first-order chi connectivity index (χ1) is 14.8. The average molecular weight is 446 g/mol. The minimum absolute atomic E-state index is 0.0610. The molecule has 6 nitrogen and oxygen atoms in total. The third kappa shape index (κ3) is 4.07. The van der Waals surface area contributed by atoms with Crippen molar-refractivity contribution in [1.82, 2.24) is 9.78 Å². The van der Waals surface area contributed by atoms with Gasteiger partial charge in [0.2, 0.25) is 0 Å². The van der Waals surface area contributed by atoms with Crippen molar-refractivity contribution in [3.63, 3.8) is 0 Å². The first kappa shape index (κ1) is 20.8. The van der Waals surface area contributed by atoms with Crippen molar-refractivity contribution in [2.45, 2.75) is 24.7 Å². The molecule has 0 spiro atoms. The molecule has 158 valence electrons. The summed E-state index contributed by atoms with van der Waals surface area (Å²) in [6.45, 7) is 0. The van der Waals surface area contributed by atoms with Gasteiger partial charge in [0.1, 0.15) is 10.8 Å². The van der Waals surface area contributed by atoms with E-state index in [9.17, 15) is 18.0 Å². The normalized spacial score (nSPS) is 17.9. The number of aromatic nitrogens is 2. The van der Waals surface area contributed by atoms with E-state index in [0.29, 0.717) is 16.8 Å². The van der Waals surface area contributed by atoms with Crippen molar-refractivity contribution in [1.29, 1.82) is 5.26 Å². The van der Waals surface area contributed by atoms with Crippen molar-refractivity contribution in [2.24, 2.45) is 0 Å². The van der Waals surface area contributed by atoms with Crippen LogP contribution in [0, 0.1) is 11.3 Å². The number of nitrogens with zero attached hydrogens (tertiary/aromatic N) is 3. The lowest BCUT2D eigenvalue weighted by Crippen LogP contribution is -2.35. The summed E-state index contributed by atoms with van der Waals surface area (Å²) in [6, 6.07) is 14.1. The lowest BCUT2D eigenvalue weighted by molar-refractivity contribution is -0.173. The first-order valence-corrected chi connectivity index (χ1v) is 9.63. The molecule has 2 aromatic carbocycles. The molecular weight excluding hydrogens is 431 g/mol. The van der Waals surface area contributed by atoms with E-state index in [1.807, 2.05) is 6.07 Å². The average Bonchev–Trinajstić information content (AvgIpc) is 3.10. The van der Waals surface area contributed by atoms with Crippen LogP contribution in [0.1, 0.15) is 40.1 Å². The summed E-state index contributed by atoms with van der Waals surface area (Å²) in [7, 11) is 0. The smallest absolute Gasteiger partial charge is 0.362 e. The summed E-state index contributed by atoms with van der Waals surface area (Å²) in [5, 5.41) is 18.1. The molecule has 3 aromatic rings. The van der Waals surface area contributed by atoms with Gasteiger partial charge in [0.25, 0.3) is 5.91 Å². The summed E-state index contributed by atoms with van der Waals surface area (Å²) in [4.78, 5) is 12.7. The lowest BCUT2D eigenvalue weighted by atomic mass is 9.97. The predicted molar refractivity (Wildman–Crippen MR) is 109 cm³/mol. The second kappa shape index (κ2) is 7.96. The molecule has 0 saturated carbocycles. The zero-order chi connectivity index (χ0) is 22.2. The van der Waals surface area contributed by atoms with Gasteiger partial charge in [-0.25, -0.2) is 4.68 Å². The molecule has 0 aliphatic carbocycles. The molecule has 2 N–H and O–H groups in total. The third-order valence-corrected chi connectivity index (χ3v) is 5.34. The van der Waals surface area contributed by atoms with Crippen LogP contribution in [0.2, 0.25) is 5.02 Å². The number of halogens is 4. The second-order valence-corrected chi connectivity index (χ2v) is 7.38. The van der Waals surface area contributed by atoms with E-state index in [-0.39, 0.29) is 23.0 Å². The van der Waals surface area contributed by atoms with E-state index in [1.165, 1.54) is 24.3 Å². The Morgan fingerprint density at radius 2 is 1.87 bits per heavy atom. The molecule has 1 amide bonds. The van der Waals surface area contributed by atoms with Crippen molar-refractivity contribution in [2.75, 3.05) is 10.6 Å². The van der Waals surface area contributed by atoms with Gasteiger partial charge < -0.3 is 10.6 Å². The maximum absolute atomic E-state index is 13.8. The van der Waals surface area contributed by atoms with Crippen LogP contribution in [0.4, 0.5) is 24.7 Å². The predicted octanol–water partition coefficient (Wildman–Crippen LogP) is 5.32. The molecule has 0 radical (unpaired) electrons. The number of anilines is 2. The monoisotopic (exact) mass is 445 g/mol. The topological polar surface area (TPSA) is 82.7 Å². The summed E-state index contributed by atoms with van der Waals surface area (Å²) >= 11 is 6.30. The minimum Gasteiger partial charge on any atom is -0.362 e. The number of carbonyl (C=O) groups is 1. The number of alkyl halides is 3. The Balaban J connectivity index is 1.68. The Bertz CT molecular complexity index is 1150. The molecule has 0 bridgehead atoms. The SMILES string of the molecule is N#Cc1ccc(NC(=O)c2nn3c(c2Cl)N[C@H](c2ccccc2)C[C@H]3C(F)(F)F)cc1. The van der Waals surface area contributed by atoms with E-state index in [1.54, 1.807) is 30.3 Å². The zero-order valence-electron chi connectivity index (χ0n) is 15.8. The molecule has 1 aromatic heterocycles. The maximum atomic E-state index is 13.8. The Labute approximate surface area is 180 Å². The van der Waals surface area contributed by atoms with Crippen LogP contribution in [0.25, 0.3) is 0 Å². The van der Waals surface area contributed by atoms with E-state index in [4.69, 9.17) is 16.9 Å². The van der Waals surface area contributed by atoms with E-state index < -0.39 is 24.2 Å². The molecule has 0 saturated heterocycles.